The molecule has 420 valence electrons. The minimum absolute atomic E-state index is 0.0262. The van der Waals surface area contributed by atoms with Crippen molar-refractivity contribution in [3.63, 3.8) is 0 Å². The maximum atomic E-state index is 14.5. The van der Waals surface area contributed by atoms with Gasteiger partial charge in [-0.3, -0.25) is 14.4 Å². The molecule has 3 fully saturated rings. The Morgan fingerprint density at radius 3 is 2.25 bits per heavy atom. The lowest BCUT2D eigenvalue weighted by molar-refractivity contribution is -0.317. The highest BCUT2D eigenvalue weighted by molar-refractivity contribution is 5.90. The van der Waals surface area contributed by atoms with Gasteiger partial charge in [0.2, 0.25) is 0 Å². The standard InChI is InChI=1S/C53H82N6O16/c1-28-22-51(7,67)45(30(3)41(73-39-23-52(8,69-13)44(63)33(6)71-39)31(4)48(65)72-38(25-60)53(9,68)43(62)32(5)58(12)24-28)75-50-42(37(57(10)11)20-29(2)70-50)74-49(66)35-16-14-34(15-17-35)21-36(61)18-19-59-27-56-40-46(59)54-26-55-47(40)64/h14-17,26-33,37-39,41-45,50,60,62-63,67-68H,18-25H2,1-13H3,(H,54,55,64)/t28-,29-,30+,31-,32-,33+,37+,38-,39+,41+,42-,43-,44+,45-,50?,51-,52-,53-/m1/s1. The number of hydrogen-bond acceptors (Lipinski definition) is 20. The number of carbonyl (C=O) groups is 3. The number of aryl methyl sites for hydroxylation is 1. The van der Waals surface area contributed by atoms with Crippen LogP contribution in [0.1, 0.15) is 104 Å². The molecule has 3 aliphatic rings. The second-order valence-corrected chi connectivity index (χ2v) is 22.3. The molecule has 75 heavy (non-hydrogen) atoms. The van der Waals surface area contributed by atoms with Crippen LogP contribution in [0.2, 0.25) is 0 Å². The lowest BCUT2D eigenvalue weighted by atomic mass is 9.77. The first-order valence-corrected chi connectivity index (χ1v) is 26.0. The zero-order chi connectivity index (χ0) is 55.5. The van der Waals surface area contributed by atoms with Crippen molar-refractivity contribution >= 4 is 28.9 Å². The van der Waals surface area contributed by atoms with Gasteiger partial charge in [-0.05, 0) is 106 Å². The van der Waals surface area contributed by atoms with Crippen molar-refractivity contribution in [3.8, 4) is 0 Å². The monoisotopic (exact) mass is 1060 g/mol. The van der Waals surface area contributed by atoms with Crippen LogP contribution in [0.25, 0.3) is 11.2 Å². The Balaban J connectivity index is 1.32. The lowest BCUT2D eigenvalue weighted by Crippen LogP contribution is -2.61. The Labute approximate surface area is 438 Å². The second-order valence-electron chi connectivity index (χ2n) is 22.3. The van der Waals surface area contributed by atoms with E-state index in [0.717, 1.165) is 0 Å². The van der Waals surface area contributed by atoms with Crippen molar-refractivity contribution in [1.82, 2.24) is 29.3 Å². The number of cyclic esters (lactones) is 1. The van der Waals surface area contributed by atoms with Crippen molar-refractivity contribution in [1.29, 1.82) is 0 Å². The number of carbonyl (C=O) groups excluding carboxylic acids is 3. The maximum absolute atomic E-state index is 14.5. The minimum atomic E-state index is -2.12. The molecule has 18 atom stereocenters. The summed E-state index contributed by atoms with van der Waals surface area (Å²) in [5, 5.41) is 58.0. The minimum Gasteiger partial charge on any atom is -0.456 e. The number of rotatable bonds is 14. The van der Waals surface area contributed by atoms with E-state index in [1.807, 2.05) is 37.7 Å². The summed E-state index contributed by atoms with van der Waals surface area (Å²) in [6, 6.07) is 5.33. The van der Waals surface area contributed by atoms with E-state index in [0.29, 0.717) is 24.2 Å². The largest absolute Gasteiger partial charge is 0.456 e. The number of benzene rings is 1. The predicted molar refractivity (Wildman–Crippen MR) is 272 cm³/mol. The quantitative estimate of drug-likeness (QED) is 0.126. The summed E-state index contributed by atoms with van der Waals surface area (Å²) >= 11 is 0. The number of esters is 2. The topological polar surface area (TPSA) is 287 Å². The van der Waals surface area contributed by atoms with E-state index in [1.165, 1.54) is 26.7 Å². The number of hydrogen-bond donors (Lipinski definition) is 6. The summed E-state index contributed by atoms with van der Waals surface area (Å²) in [4.78, 5) is 68.4. The molecule has 0 saturated carbocycles. The highest BCUT2D eigenvalue weighted by atomic mass is 16.7. The third-order valence-electron chi connectivity index (χ3n) is 15.9. The number of aliphatic hydroxyl groups excluding tert-OH is 3. The molecule has 0 bridgehead atoms. The molecule has 0 amide bonds. The molecule has 2 aromatic heterocycles. The van der Waals surface area contributed by atoms with Crippen molar-refractivity contribution in [3.05, 3.63) is 58.4 Å². The van der Waals surface area contributed by atoms with Crippen molar-refractivity contribution < 1.29 is 73.1 Å². The normalized spacial score (nSPS) is 37.9. The Kier molecular flexibility index (Phi) is 19.6. The zero-order valence-corrected chi connectivity index (χ0v) is 45.7. The van der Waals surface area contributed by atoms with E-state index in [4.69, 9.17) is 33.2 Å². The van der Waals surface area contributed by atoms with E-state index in [9.17, 15) is 44.7 Å². The summed E-state index contributed by atoms with van der Waals surface area (Å²) in [6.07, 6.45) is -7.71. The lowest BCUT2D eigenvalue weighted by Gasteiger charge is -2.49. The number of ether oxygens (including phenoxy) is 7. The van der Waals surface area contributed by atoms with Crippen LogP contribution in [0.5, 0.6) is 0 Å². The van der Waals surface area contributed by atoms with E-state index >= 15 is 0 Å². The molecule has 1 aromatic carbocycles. The van der Waals surface area contributed by atoms with Crippen LogP contribution >= 0.6 is 0 Å². The molecule has 6 rings (SSSR count). The van der Waals surface area contributed by atoms with Gasteiger partial charge in [-0.25, -0.2) is 14.8 Å². The van der Waals surface area contributed by atoms with Gasteiger partial charge in [-0.15, -0.1) is 0 Å². The number of aliphatic hydroxyl groups is 5. The summed E-state index contributed by atoms with van der Waals surface area (Å²) in [7, 11) is 6.92. The summed E-state index contributed by atoms with van der Waals surface area (Å²) < 4.78 is 46.3. The molecule has 3 aliphatic heterocycles. The fraction of sp³-hybridized carbons (Fsp3) is 0.736. The van der Waals surface area contributed by atoms with Gasteiger partial charge in [0.25, 0.3) is 5.56 Å². The first-order valence-electron chi connectivity index (χ1n) is 26.0. The molecule has 0 spiro atoms. The van der Waals surface area contributed by atoms with Crippen LogP contribution in [-0.4, -0.2) is 204 Å². The summed E-state index contributed by atoms with van der Waals surface area (Å²) in [5.74, 6) is -4.14. The first kappa shape index (κ1) is 59.9. The number of aromatic amines is 1. The van der Waals surface area contributed by atoms with Gasteiger partial charge in [0.05, 0.1) is 72.4 Å². The van der Waals surface area contributed by atoms with Gasteiger partial charge in [-0.1, -0.05) is 26.0 Å². The van der Waals surface area contributed by atoms with Crippen molar-refractivity contribution in [2.45, 2.75) is 191 Å². The Morgan fingerprint density at radius 1 is 0.933 bits per heavy atom. The molecule has 5 heterocycles. The van der Waals surface area contributed by atoms with Gasteiger partial charge in [0.15, 0.2) is 36.0 Å². The third-order valence-corrected chi connectivity index (χ3v) is 15.9. The molecule has 3 saturated heterocycles. The summed E-state index contributed by atoms with van der Waals surface area (Å²) in [6.45, 7) is 14.8. The van der Waals surface area contributed by atoms with Crippen LogP contribution in [0.15, 0.2) is 41.7 Å². The number of imidazole rings is 1. The Hall–Kier alpha value is -4.30. The van der Waals surface area contributed by atoms with Gasteiger partial charge < -0.3 is 78.0 Å². The average Bonchev–Trinajstić information content (AvgIpc) is 3.78. The van der Waals surface area contributed by atoms with Gasteiger partial charge in [-0.2, -0.15) is 0 Å². The molecule has 0 aliphatic carbocycles. The van der Waals surface area contributed by atoms with Crippen LogP contribution < -0.4 is 5.56 Å². The Bertz CT molecular complexity index is 2450. The maximum Gasteiger partial charge on any atom is 0.338 e. The fourth-order valence-corrected chi connectivity index (χ4v) is 11.1. The van der Waals surface area contributed by atoms with Crippen LogP contribution in [0.3, 0.4) is 0 Å². The number of H-pyrrole nitrogens is 1. The number of ketones is 1. The Morgan fingerprint density at radius 2 is 1.61 bits per heavy atom. The van der Waals surface area contributed by atoms with Gasteiger partial charge >= 0.3 is 11.9 Å². The van der Waals surface area contributed by atoms with Crippen molar-refractivity contribution in [2.24, 2.45) is 17.8 Å². The van der Waals surface area contributed by atoms with E-state index in [2.05, 4.69) is 15.0 Å². The second kappa shape index (κ2) is 24.6. The molecular formula is C53H82N6O16. The SMILES string of the molecule is CO[C@]1(C)C[C@H](O[C@H]2[C@H](C)[C@@H](OC3O[C@H](C)C[C@H](N(C)C)[C@H]3OC(=O)c3ccc(CC(=O)CCn4cnc5c(=O)[nH]cnc54)cc3)[C@](C)(O)C[C@@H](C)CN(C)[C@H](C)[C@@H](O)[C@](C)(O)[C@@H](CO)OC(=O)[C@@H]2C)O[C@@H](C)[C@@H]1O. The predicted octanol–water partition coefficient (Wildman–Crippen LogP) is 1.98. The number of likely N-dealkylation sites (N-methyl/N-ethyl adjacent to an activating group) is 2. The van der Waals surface area contributed by atoms with Crippen molar-refractivity contribution in [2.75, 3.05) is 41.4 Å². The van der Waals surface area contributed by atoms with E-state index in [-0.39, 0.29) is 60.6 Å². The summed E-state index contributed by atoms with van der Waals surface area (Å²) in [5.41, 5.74) is -3.94. The van der Waals surface area contributed by atoms with Gasteiger partial charge in [0.1, 0.15) is 23.6 Å². The van der Waals surface area contributed by atoms with E-state index in [1.54, 1.807) is 77.4 Å². The van der Waals surface area contributed by atoms with Crippen LogP contribution in [0, 0.1) is 17.8 Å². The van der Waals surface area contributed by atoms with Crippen LogP contribution in [0.4, 0.5) is 0 Å². The van der Waals surface area contributed by atoms with Gasteiger partial charge in [0, 0.05) is 51.4 Å². The molecule has 0 radical (unpaired) electrons. The average molecular weight is 1060 g/mol. The molecule has 6 N–H and O–H groups in total. The zero-order valence-electron chi connectivity index (χ0n) is 45.7. The first-order chi connectivity index (χ1) is 35.1. The fourth-order valence-electron chi connectivity index (χ4n) is 11.1. The molecule has 1 unspecified atom stereocenters. The van der Waals surface area contributed by atoms with E-state index < -0.39 is 121 Å². The molecule has 22 heteroatoms. The highest BCUT2D eigenvalue weighted by Gasteiger charge is 2.53. The number of fused-ring (bicyclic) bond motifs is 1. The number of aromatic nitrogens is 4. The smallest absolute Gasteiger partial charge is 0.338 e. The highest BCUT2D eigenvalue weighted by Crippen LogP contribution is 2.40. The number of nitrogens with zero attached hydrogens (tertiary/aromatic N) is 5. The van der Waals surface area contributed by atoms with Crippen LogP contribution in [-0.2, 0) is 55.7 Å². The number of methoxy groups -OCH3 is 1. The molecule has 22 nitrogen and oxygen atoms in total. The number of nitrogens with one attached hydrogen (secondary N) is 1. The molecule has 3 aromatic rings. The molecular weight excluding hydrogens is 977 g/mol. The number of Topliss-reactive ketones (excluding diaryl/α,β-unsaturated/α-hetero) is 1. The third kappa shape index (κ3) is 13.7.